The summed E-state index contributed by atoms with van der Waals surface area (Å²) in [5, 5.41) is 7.22. The quantitative estimate of drug-likeness (QED) is 0.478. The molecule has 0 saturated carbocycles. The van der Waals surface area contributed by atoms with Crippen molar-refractivity contribution in [1.29, 1.82) is 0 Å². The molecule has 0 fully saturated rings. The van der Waals surface area contributed by atoms with Crippen LogP contribution in [0.1, 0.15) is 15.9 Å². The number of hydrogen-bond acceptors (Lipinski definition) is 3. The largest absolute Gasteiger partial charge is 0.322 e. The van der Waals surface area contributed by atoms with E-state index in [1.54, 1.807) is 17.1 Å². The molecule has 3 heterocycles. The molecule has 0 bridgehead atoms. The average molecular weight is 393 g/mol. The third-order valence-electron chi connectivity index (χ3n) is 4.89. The number of anilines is 1. The Labute approximate surface area is 173 Å². The van der Waals surface area contributed by atoms with E-state index in [-0.39, 0.29) is 5.91 Å². The van der Waals surface area contributed by atoms with Crippen LogP contribution in [0.2, 0.25) is 0 Å². The molecule has 0 radical (unpaired) electrons. The molecule has 5 rings (SSSR count). The topological polar surface area (TPSA) is 64.2 Å². The van der Waals surface area contributed by atoms with Crippen molar-refractivity contribution < 1.29 is 4.79 Å². The van der Waals surface area contributed by atoms with E-state index in [2.05, 4.69) is 15.4 Å². The molecule has 0 aliphatic heterocycles. The SMILES string of the molecule is O=C(Nc1ccc(-c2cn3ccccc3n2)cc1)c1cnn(Cc2ccccc2)c1. The van der Waals surface area contributed by atoms with Gasteiger partial charge in [-0.3, -0.25) is 9.48 Å². The zero-order chi connectivity index (χ0) is 20.3. The Kier molecular flexibility index (Phi) is 4.57. The summed E-state index contributed by atoms with van der Waals surface area (Å²) in [5.41, 5.74) is 5.17. The zero-order valence-electron chi connectivity index (χ0n) is 16.1. The number of nitrogens with one attached hydrogen (secondary N) is 1. The molecule has 30 heavy (non-hydrogen) atoms. The standard InChI is InChI=1S/C24H19N5O/c30-24(20-14-25-29(16-20)15-18-6-2-1-3-7-18)26-21-11-9-19(10-12-21)22-17-28-13-5-4-8-23(28)27-22/h1-14,16-17H,15H2,(H,26,30). The Hall–Kier alpha value is -4.19. The van der Waals surface area contributed by atoms with Gasteiger partial charge in [-0.2, -0.15) is 5.10 Å². The van der Waals surface area contributed by atoms with E-state index >= 15 is 0 Å². The minimum absolute atomic E-state index is 0.185. The van der Waals surface area contributed by atoms with Crippen molar-refractivity contribution in [2.75, 3.05) is 5.32 Å². The van der Waals surface area contributed by atoms with Crippen molar-refractivity contribution in [2.45, 2.75) is 6.54 Å². The molecule has 1 amide bonds. The smallest absolute Gasteiger partial charge is 0.258 e. The van der Waals surface area contributed by atoms with Crippen LogP contribution in [0.5, 0.6) is 0 Å². The van der Waals surface area contributed by atoms with E-state index in [1.165, 1.54) is 0 Å². The number of hydrogen-bond donors (Lipinski definition) is 1. The molecule has 0 spiro atoms. The summed E-state index contributed by atoms with van der Waals surface area (Å²) in [4.78, 5) is 17.2. The van der Waals surface area contributed by atoms with Gasteiger partial charge >= 0.3 is 0 Å². The minimum atomic E-state index is -0.185. The van der Waals surface area contributed by atoms with Crippen LogP contribution in [0.4, 0.5) is 5.69 Å². The van der Waals surface area contributed by atoms with Crippen molar-refractivity contribution in [3.63, 3.8) is 0 Å². The third kappa shape index (κ3) is 3.71. The van der Waals surface area contributed by atoms with E-state index in [9.17, 15) is 4.79 Å². The van der Waals surface area contributed by atoms with Crippen molar-refractivity contribution in [3.05, 3.63) is 109 Å². The van der Waals surface area contributed by atoms with Crippen LogP contribution < -0.4 is 5.32 Å². The van der Waals surface area contributed by atoms with Crippen molar-refractivity contribution in [2.24, 2.45) is 0 Å². The fraction of sp³-hybridized carbons (Fsp3) is 0.0417. The molecule has 0 atom stereocenters. The molecule has 5 aromatic rings. The van der Waals surface area contributed by atoms with Gasteiger partial charge in [0.1, 0.15) is 5.65 Å². The Morgan fingerprint density at radius 3 is 2.50 bits per heavy atom. The zero-order valence-corrected chi connectivity index (χ0v) is 16.1. The molecule has 0 aliphatic rings. The van der Waals surface area contributed by atoms with Crippen LogP contribution in [0, 0.1) is 0 Å². The monoisotopic (exact) mass is 393 g/mol. The Balaban J connectivity index is 1.27. The number of rotatable bonds is 5. The van der Waals surface area contributed by atoms with Crippen molar-refractivity contribution in [1.82, 2.24) is 19.2 Å². The first-order valence-corrected chi connectivity index (χ1v) is 9.66. The summed E-state index contributed by atoms with van der Waals surface area (Å²) < 4.78 is 3.74. The number of benzene rings is 2. The lowest BCUT2D eigenvalue weighted by Crippen LogP contribution is -2.11. The maximum Gasteiger partial charge on any atom is 0.258 e. The molecular formula is C24H19N5O. The Bertz CT molecular complexity index is 1270. The number of imidazole rings is 1. The molecule has 146 valence electrons. The van der Waals surface area contributed by atoms with Gasteiger partial charge in [0.15, 0.2) is 0 Å². The van der Waals surface area contributed by atoms with Gasteiger partial charge < -0.3 is 9.72 Å². The summed E-state index contributed by atoms with van der Waals surface area (Å²) in [7, 11) is 0. The number of pyridine rings is 1. The predicted molar refractivity (Wildman–Crippen MR) is 116 cm³/mol. The van der Waals surface area contributed by atoms with E-state index in [4.69, 9.17) is 0 Å². The molecule has 6 nitrogen and oxygen atoms in total. The summed E-state index contributed by atoms with van der Waals surface area (Å²) in [5.74, 6) is -0.185. The number of amides is 1. The van der Waals surface area contributed by atoms with Gasteiger partial charge in [-0.25, -0.2) is 4.98 Å². The summed E-state index contributed by atoms with van der Waals surface area (Å²) in [6.07, 6.45) is 7.30. The summed E-state index contributed by atoms with van der Waals surface area (Å²) >= 11 is 0. The normalized spacial score (nSPS) is 10.9. The van der Waals surface area contributed by atoms with Crippen LogP contribution in [-0.4, -0.2) is 25.1 Å². The van der Waals surface area contributed by atoms with E-state index in [0.717, 1.165) is 28.2 Å². The molecule has 3 aromatic heterocycles. The van der Waals surface area contributed by atoms with Crippen LogP contribution in [0.3, 0.4) is 0 Å². The van der Waals surface area contributed by atoms with Gasteiger partial charge in [0.25, 0.3) is 5.91 Å². The Morgan fingerprint density at radius 1 is 0.900 bits per heavy atom. The van der Waals surface area contributed by atoms with Gasteiger partial charge in [-0.1, -0.05) is 48.5 Å². The maximum absolute atomic E-state index is 12.6. The van der Waals surface area contributed by atoms with Gasteiger partial charge in [0.05, 0.1) is 24.0 Å². The predicted octanol–water partition coefficient (Wildman–Crippen LogP) is 4.50. The lowest BCUT2D eigenvalue weighted by Gasteiger charge is -2.04. The van der Waals surface area contributed by atoms with Gasteiger partial charge in [-0.05, 0) is 29.8 Å². The highest BCUT2D eigenvalue weighted by Crippen LogP contribution is 2.21. The van der Waals surface area contributed by atoms with Crippen LogP contribution >= 0.6 is 0 Å². The highest BCUT2D eigenvalue weighted by Gasteiger charge is 2.10. The molecular weight excluding hydrogens is 374 g/mol. The van der Waals surface area contributed by atoms with Gasteiger partial charge in [0.2, 0.25) is 0 Å². The molecule has 0 aliphatic carbocycles. The molecule has 1 N–H and O–H groups in total. The van der Waals surface area contributed by atoms with Crippen LogP contribution in [-0.2, 0) is 6.54 Å². The second-order valence-electron chi connectivity index (χ2n) is 7.04. The van der Waals surface area contributed by atoms with Crippen LogP contribution in [0.15, 0.2) is 97.6 Å². The molecule has 0 unspecified atom stereocenters. The number of aromatic nitrogens is 4. The average Bonchev–Trinajstić information content (AvgIpc) is 3.42. The van der Waals surface area contributed by atoms with Crippen molar-refractivity contribution in [3.8, 4) is 11.3 Å². The number of carbonyl (C=O) groups is 1. The first-order valence-electron chi connectivity index (χ1n) is 9.66. The highest BCUT2D eigenvalue weighted by atomic mass is 16.1. The lowest BCUT2D eigenvalue weighted by molar-refractivity contribution is 0.102. The highest BCUT2D eigenvalue weighted by molar-refractivity contribution is 6.04. The van der Waals surface area contributed by atoms with Gasteiger partial charge in [-0.15, -0.1) is 0 Å². The second kappa shape index (κ2) is 7.67. The summed E-state index contributed by atoms with van der Waals surface area (Å²) in [6.45, 7) is 0.627. The fourth-order valence-electron chi connectivity index (χ4n) is 3.34. The summed E-state index contributed by atoms with van der Waals surface area (Å²) in [6, 6.07) is 23.6. The van der Waals surface area contributed by atoms with Crippen molar-refractivity contribution >= 4 is 17.2 Å². The maximum atomic E-state index is 12.6. The second-order valence-corrected chi connectivity index (χ2v) is 7.04. The molecule has 2 aromatic carbocycles. The Morgan fingerprint density at radius 2 is 1.70 bits per heavy atom. The van der Waals surface area contributed by atoms with Gasteiger partial charge in [0, 0.05) is 29.8 Å². The fourth-order valence-corrected chi connectivity index (χ4v) is 3.34. The van der Waals surface area contributed by atoms with E-state index in [0.29, 0.717) is 12.1 Å². The number of fused-ring (bicyclic) bond motifs is 1. The number of carbonyl (C=O) groups excluding carboxylic acids is 1. The third-order valence-corrected chi connectivity index (χ3v) is 4.89. The first kappa shape index (κ1) is 17.9. The molecule has 0 saturated heterocycles. The van der Waals surface area contributed by atoms with E-state index < -0.39 is 0 Å². The first-order chi connectivity index (χ1) is 14.7. The van der Waals surface area contributed by atoms with E-state index in [1.807, 2.05) is 89.6 Å². The number of nitrogens with zero attached hydrogens (tertiary/aromatic N) is 4. The lowest BCUT2D eigenvalue weighted by atomic mass is 10.1. The molecule has 6 heteroatoms. The minimum Gasteiger partial charge on any atom is -0.322 e. The van der Waals surface area contributed by atoms with Crippen LogP contribution in [0.25, 0.3) is 16.9 Å².